The van der Waals surface area contributed by atoms with Gasteiger partial charge in [0, 0.05) is 0 Å². The first-order valence-corrected chi connectivity index (χ1v) is 4.39. The van der Waals surface area contributed by atoms with Gasteiger partial charge in [-0.15, -0.1) is 0 Å². The summed E-state index contributed by atoms with van der Waals surface area (Å²) in [6.07, 6.45) is 3.65. The van der Waals surface area contributed by atoms with Crippen molar-refractivity contribution in [2.45, 2.75) is 12.8 Å². The van der Waals surface area contributed by atoms with E-state index in [1.807, 2.05) is 18.2 Å². The summed E-state index contributed by atoms with van der Waals surface area (Å²) in [5, 5.41) is 3.52. The summed E-state index contributed by atoms with van der Waals surface area (Å²) in [4.78, 5) is 0. The van der Waals surface area contributed by atoms with Crippen molar-refractivity contribution in [3.05, 3.63) is 35.4 Å². The highest BCUT2D eigenvalue weighted by Crippen LogP contribution is 2.08. The smallest absolute Gasteiger partial charge is 0.0540 e. The summed E-state index contributed by atoms with van der Waals surface area (Å²) in [6, 6.07) is 8.07. The molecule has 0 aliphatic carbocycles. The van der Waals surface area contributed by atoms with Crippen molar-refractivity contribution in [3.8, 4) is 0 Å². The maximum atomic E-state index is 5.44. The van der Waals surface area contributed by atoms with E-state index in [-0.39, 0.29) is 0 Å². The highest BCUT2D eigenvalue weighted by Gasteiger charge is 1.97. The molecule has 0 saturated heterocycles. The third-order valence-electron chi connectivity index (χ3n) is 1.92. The van der Waals surface area contributed by atoms with Crippen LogP contribution in [-0.2, 0) is 6.42 Å². The topological polar surface area (TPSA) is 64.4 Å². The van der Waals surface area contributed by atoms with E-state index < -0.39 is 0 Å². The summed E-state index contributed by atoms with van der Waals surface area (Å²) in [7, 11) is 0. The van der Waals surface area contributed by atoms with Crippen LogP contribution in [0.15, 0.2) is 29.4 Å². The number of aryl methyl sites for hydroxylation is 1. The van der Waals surface area contributed by atoms with E-state index in [9.17, 15) is 0 Å². The van der Waals surface area contributed by atoms with Crippen molar-refractivity contribution in [2.75, 3.05) is 6.54 Å². The van der Waals surface area contributed by atoms with Gasteiger partial charge in [-0.3, -0.25) is 0 Å². The molecule has 0 unspecified atom stereocenters. The summed E-state index contributed by atoms with van der Waals surface area (Å²) in [5.74, 6) is 5.10. The van der Waals surface area contributed by atoms with Gasteiger partial charge in [-0.2, -0.15) is 5.10 Å². The van der Waals surface area contributed by atoms with E-state index in [0.717, 1.165) is 18.4 Å². The highest BCUT2D eigenvalue weighted by molar-refractivity contribution is 5.81. The average molecular weight is 177 g/mol. The number of nitrogens with zero attached hydrogens (tertiary/aromatic N) is 1. The largest absolute Gasteiger partial charge is 0.330 e. The molecule has 0 fully saturated rings. The Morgan fingerprint density at radius 3 is 2.77 bits per heavy atom. The predicted octanol–water partition coefficient (Wildman–Crippen LogP) is 0.871. The lowest BCUT2D eigenvalue weighted by atomic mass is 10.0. The lowest BCUT2D eigenvalue weighted by Gasteiger charge is -2.03. The fraction of sp³-hybridized carbons (Fsp3) is 0.300. The van der Waals surface area contributed by atoms with Crippen LogP contribution in [0.2, 0.25) is 0 Å². The minimum Gasteiger partial charge on any atom is -0.330 e. The Bertz CT molecular complexity index is 281. The molecule has 0 amide bonds. The Hall–Kier alpha value is -1.35. The van der Waals surface area contributed by atoms with Gasteiger partial charge >= 0.3 is 0 Å². The van der Waals surface area contributed by atoms with Gasteiger partial charge in [0.2, 0.25) is 0 Å². The molecule has 70 valence electrons. The molecule has 1 aromatic carbocycles. The Labute approximate surface area is 78.4 Å². The van der Waals surface area contributed by atoms with Crippen molar-refractivity contribution in [1.29, 1.82) is 0 Å². The quantitative estimate of drug-likeness (QED) is 0.407. The third kappa shape index (κ3) is 2.87. The van der Waals surface area contributed by atoms with E-state index >= 15 is 0 Å². The normalized spacial score (nSPS) is 10.8. The molecule has 0 aliphatic heterocycles. The number of rotatable bonds is 4. The maximum absolute atomic E-state index is 5.44. The molecule has 0 heterocycles. The molecule has 1 rings (SSSR count). The van der Waals surface area contributed by atoms with Gasteiger partial charge < -0.3 is 11.6 Å². The first kappa shape index (κ1) is 9.74. The SMILES string of the molecule is NCCCc1ccccc1C=NN. The van der Waals surface area contributed by atoms with Crippen molar-refractivity contribution < 1.29 is 0 Å². The maximum Gasteiger partial charge on any atom is 0.0540 e. The third-order valence-corrected chi connectivity index (χ3v) is 1.92. The molecular weight excluding hydrogens is 162 g/mol. The number of hydrogen-bond donors (Lipinski definition) is 2. The van der Waals surface area contributed by atoms with Crippen LogP contribution in [0.3, 0.4) is 0 Å². The Balaban J connectivity index is 2.78. The van der Waals surface area contributed by atoms with E-state index in [1.54, 1.807) is 6.21 Å². The van der Waals surface area contributed by atoms with Crippen molar-refractivity contribution >= 4 is 6.21 Å². The van der Waals surface area contributed by atoms with Gasteiger partial charge in [-0.05, 0) is 30.5 Å². The van der Waals surface area contributed by atoms with Crippen LogP contribution in [0.1, 0.15) is 17.5 Å². The molecule has 13 heavy (non-hydrogen) atoms. The predicted molar refractivity (Wildman–Crippen MR) is 55.6 cm³/mol. The lowest BCUT2D eigenvalue weighted by Crippen LogP contribution is -2.02. The van der Waals surface area contributed by atoms with Gasteiger partial charge in [-0.1, -0.05) is 24.3 Å². The second-order valence-electron chi connectivity index (χ2n) is 2.87. The average Bonchev–Trinajstić information content (AvgIpc) is 2.17. The molecule has 1 aromatic rings. The molecule has 0 aromatic heterocycles. The van der Waals surface area contributed by atoms with Crippen LogP contribution in [0.5, 0.6) is 0 Å². The minimum atomic E-state index is 0.716. The fourth-order valence-electron chi connectivity index (χ4n) is 1.26. The molecule has 4 N–H and O–H groups in total. The van der Waals surface area contributed by atoms with E-state index in [1.165, 1.54) is 5.56 Å². The van der Waals surface area contributed by atoms with Gasteiger partial charge in [0.15, 0.2) is 0 Å². The molecule has 0 bridgehead atoms. The molecular formula is C10H15N3. The van der Waals surface area contributed by atoms with Gasteiger partial charge in [0.1, 0.15) is 0 Å². The molecule has 0 spiro atoms. The second-order valence-corrected chi connectivity index (χ2v) is 2.87. The molecule has 3 nitrogen and oxygen atoms in total. The van der Waals surface area contributed by atoms with Crippen molar-refractivity contribution in [3.63, 3.8) is 0 Å². The van der Waals surface area contributed by atoms with Crippen molar-refractivity contribution in [1.82, 2.24) is 0 Å². The number of nitrogens with two attached hydrogens (primary N) is 2. The Morgan fingerprint density at radius 2 is 2.08 bits per heavy atom. The summed E-state index contributed by atoms with van der Waals surface area (Å²) >= 11 is 0. The van der Waals surface area contributed by atoms with Crippen LogP contribution in [0.25, 0.3) is 0 Å². The van der Waals surface area contributed by atoms with E-state index in [4.69, 9.17) is 11.6 Å². The summed E-state index contributed by atoms with van der Waals surface area (Å²) in [6.45, 7) is 0.716. The van der Waals surface area contributed by atoms with Gasteiger partial charge in [-0.25, -0.2) is 0 Å². The van der Waals surface area contributed by atoms with Gasteiger partial charge in [0.25, 0.3) is 0 Å². The summed E-state index contributed by atoms with van der Waals surface area (Å²) in [5.41, 5.74) is 7.78. The first-order chi connectivity index (χ1) is 6.38. The fourth-order valence-corrected chi connectivity index (χ4v) is 1.26. The standard InChI is InChI=1S/C10H15N3/c11-7-3-6-9-4-1-2-5-10(9)8-13-12/h1-2,4-5,8H,3,6-7,11-12H2. The second kappa shape index (κ2) is 5.32. The van der Waals surface area contributed by atoms with Crippen LogP contribution in [0.4, 0.5) is 0 Å². The Morgan fingerprint density at radius 1 is 1.31 bits per heavy atom. The highest BCUT2D eigenvalue weighted by atomic mass is 15.1. The molecule has 0 atom stereocenters. The monoisotopic (exact) mass is 177 g/mol. The zero-order valence-electron chi connectivity index (χ0n) is 7.61. The number of benzene rings is 1. The van der Waals surface area contributed by atoms with Crippen LogP contribution in [-0.4, -0.2) is 12.8 Å². The Kier molecular flexibility index (Phi) is 3.99. The summed E-state index contributed by atoms with van der Waals surface area (Å²) < 4.78 is 0. The van der Waals surface area contributed by atoms with Crippen LogP contribution < -0.4 is 11.6 Å². The van der Waals surface area contributed by atoms with Crippen LogP contribution in [0, 0.1) is 0 Å². The molecule has 0 saturated carbocycles. The van der Waals surface area contributed by atoms with E-state index in [0.29, 0.717) is 6.54 Å². The van der Waals surface area contributed by atoms with Crippen LogP contribution >= 0.6 is 0 Å². The first-order valence-electron chi connectivity index (χ1n) is 4.39. The number of hydrazone groups is 1. The van der Waals surface area contributed by atoms with Gasteiger partial charge in [0.05, 0.1) is 6.21 Å². The molecule has 3 heteroatoms. The van der Waals surface area contributed by atoms with E-state index in [2.05, 4.69) is 11.2 Å². The molecule has 0 aliphatic rings. The lowest BCUT2D eigenvalue weighted by molar-refractivity contribution is 0.832. The molecule has 0 radical (unpaired) electrons. The zero-order chi connectivity index (χ0) is 9.52. The number of hydrogen-bond acceptors (Lipinski definition) is 3. The zero-order valence-corrected chi connectivity index (χ0v) is 7.61. The van der Waals surface area contributed by atoms with Crippen molar-refractivity contribution in [2.24, 2.45) is 16.7 Å². The minimum absolute atomic E-state index is 0.716.